The van der Waals surface area contributed by atoms with Gasteiger partial charge in [-0.15, -0.1) is 0 Å². The normalized spacial score (nSPS) is 10.5. The van der Waals surface area contributed by atoms with E-state index >= 15 is 0 Å². The van der Waals surface area contributed by atoms with Crippen LogP contribution in [0.5, 0.6) is 0 Å². The smallest absolute Gasteiger partial charge is 0.165 e. The predicted octanol–water partition coefficient (Wildman–Crippen LogP) is 4.80. The van der Waals surface area contributed by atoms with E-state index in [0.29, 0.717) is 22.0 Å². The molecule has 1 aromatic rings. The molecule has 0 aliphatic rings. The zero-order valence-corrected chi connectivity index (χ0v) is 11.7. The summed E-state index contributed by atoms with van der Waals surface area (Å²) in [4.78, 5) is 11.9. The Kier molecular flexibility index (Phi) is 5.75. The summed E-state index contributed by atoms with van der Waals surface area (Å²) >= 11 is 12.1. The van der Waals surface area contributed by atoms with Gasteiger partial charge in [-0.05, 0) is 25.0 Å². The first-order valence-electron chi connectivity index (χ1n) is 5.20. The molecule has 16 heavy (non-hydrogen) atoms. The Labute approximate surface area is 109 Å². The number of aryl methyl sites for hydroxylation is 1. The minimum atomic E-state index is 0.0267. The second kappa shape index (κ2) is 6.59. The summed E-state index contributed by atoms with van der Waals surface area (Å²) in [6, 6.07) is 3.54. The van der Waals surface area contributed by atoms with Gasteiger partial charge in [0.25, 0.3) is 0 Å². The Bertz CT molecular complexity index is 391. The molecule has 0 saturated heterocycles. The van der Waals surface area contributed by atoms with Crippen LogP contribution in [0.1, 0.15) is 35.2 Å². The van der Waals surface area contributed by atoms with Crippen molar-refractivity contribution in [3.8, 4) is 0 Å². The van der Waals surface area contributed by atoms with Crippen LogP contribution in [0.2, 0.25) is 10.0 Å². The first kappa shape index (κ1) is 14.0. The molecule has 0 saturated carbocycles. The Morgan fingerprint density at radius 3 is 2.62 bits per heavy atom. The highest BCUT2D eigenvalue weighted by molar-refractivity contribution is 7.16. The van der Waals surface area contributed by atoms with E-state index in [2.05, 4.69) is 9.24 Å². The van der Waals surface area contributed by atoms with Crippen molar-refractivity contribution >= 4 is 38.2 Å². The van der Waals surface area contributed by atoms with Gasteiger partial charge in [0, 0.05) is 6.42 Å². The molecular weight excluding hydrogens is 262 g/mol. The lowest BCUT2D eigenvalue weighted by Gasteiger charge is -2.08. The number of halogens is 2. The third-order valence-electron chi connectivity index (χ3n) is 2.39. The van der Waals surface area contributed by atoms with Gasteiger partial charge in [0.05, 0.1) is 15.6 Å². The fourth-order valence-corrected chi connectivity index (χ4v) is 2.28. The number of rotatable bonds is 5. The minimum absolute atomic E-state index is 0.0267. The van der Waals surface area contributed by atoms with Gasteiger partial charge in [0.2, 0.25) is 0 Å². The molecule has 0 spiro atoms. The number of carbonyl (C=O) groups excluding carboxylic acids is 1. The minimum Gasteiger partial charge on any atom is -0.558 e. The van der Waals surface area contributed by atoms with Crippen LogP contribution in [0.3, 0.4) is 0 Å². The van der Waals surface area contributed by atoms with E-state index in [1.807, 2.05) is 13.0 Å². The molecule has 1 rings (SSSR count). The Balaban J connectivity index is 2.86. The van der Waals surface area contributed by atoms with Crippen LogP contribution in [0.25, 0.3) is 0 Å². The average Bonchev–Trinajstić information content (AvgIpc) is 2.24. The van der Waals surface area contributed by atoms with Gasteiger partial charge < -0.3 is 9.24 Å². The molecule has 0 aliphatic heterocycles. The van der Waals surface area contributed by atoms with E-state index in [1.54, 1.807) is 6.07 Å². The second-order valence-electron chi connectivity index (χ2n) is 3.68. The fraction of sp³-hybridized carbons (Fsp3) is 0.417. The SMILES string of the molecule is Cc1ccc(Cl)c(C(=O)CCCC[PH-])c1Cl. The standard InChI is InChI=1S/C12H14Cl2OP/c1-8-5-6-9(13)11(12(8)14)10(15)4-2-3-7-16/h5-6,16H,2-4,7H2,1H3/q-1. The van der Waals surface area contributed by atoms with Crippen molar-refractivity contribution in [3.05, 3.63) is 33.3 Å². The highest BCUT2D eigenvalue weighted by atomic mass is 35.5. The summed E-state index contributed by atoms with van der Waals surface area (Å²) in [7, 11) is 3.38. The van der Waals surface area contributed by atoms with Crippen LogP contribution in [0.15, 0.2) is 12.1 Å². The summed E-state index contributed by atoms with van der Waals surface area (Å²) in [5.74, 6) is 0.0267. The lowest BCUT2D eigenvalue weighted by molar-refractivity contribution is 0.0980. The molecule has 0 aromatic heterocycles. The maximum atomic E-state index is 11.9. The maximum Gasteiger partial charge on any atom is 0.165 e. The number of Topliss-reactive ketones (excluding diaryl/α,β-unsaturated/α-hetero) is 1. The number of hydrogen-bond donors (Lipinski definition) is 0. The van der Waals surface area contributed by atoms with Crippen LogP contribution >= 0.6 is 32.4 Å². The molecular formula is C12H14Cl2OP-. The van der Waals surface area contributed by atoms with Gasteiger partial charge in [-0.3, -0.25) is 4.79 Å². The Morgan fingerprint density at radius 1 is 1.31 bits per heavy atom. The zero-order chi connectivity index (χ0) is 12.1. The summed E-state index contributed by atoms with van der Waals surface area (Å²) in [5.41, 5.74) is 1.35. The van der Waals surface area contributed by atoms with E-state index in [4.69, 9.17) is 23.2 Å². The highest BCUT2D eigenvalue weighted by Gasteiger charge is 2.15. The Hall–Kier alpha value is -0.100. The number of ketones is 1. The molecule has 1 nitrogen and oxygen atoms in total. The summed E-state index contributed by atoms with van der Waals surface area (Å²) in [6.07, 6.45) is 3.22. The van der Waals surface area contributed by atoms with Crippen LogP contribution < -0.4 is 0 Å². The summed E-state index contributed by atoms with van der Waals surface area (Å²) in [5, 5.41) is 0.926. The molecule has 0 unspecified atom stereocenters. The molecule has 0 heterocycles. The molecule has 88 valence electrons. The average molecular weight is 276 g/mol. The predicted molar refractivity (Wildman–Crippen MR) is 72.6 cm³/mol. The molecule has 0 aliphatic carbocycles. The molecule has 1 aromatic carbocycles. The monoisotopic (exact) mass is 275 g/mol. The topological polar surface area (TPSA) is 17.1 Å². The fourth-order valence-electron chi connectivity index (χ4n) is 1.45. The van der Waals surface area contributed by atoms with Gasteiger partial charge in [-0.25, -0.2) is 0 Å². The van der Waals surface area contributed by atoms with Crippen molar-refractivity contribution in [1.82, 2.24) is 0 Å². The number of unbranched alkanes of at least 4 members (excludes halogenated alkanes) is 1. The van der Waals surface area contributed by atoms with Crippen molar-refractivity contribution in [2.75, 3.05) is 6.16 Å². The van der Waals surface area contributed by atoms with Crippen molar-refractivity contribution in [1.29, 1.82) is 0 Å². The number of carbonyl (C=O) groups is 1. The van der Waals surface area contributed by atoms with E-state index in [-0.39, 0.29) is 5.78 Å². The highest BCUT2D eigenvalue weighted by Crippen LogP contribution is 2.29. The van der Waals surface area contributed by atoms with Gasteiger partial charge in [0.15, 0.2) is 5.78 Å². The van der Waals surface area contributed by atoms with Crippen LogP contribution in [0.4, 0.5) is 0 Å². The van der Waals surface area contributed by atoms with Crippen molar-refractivity contribution < 1.29 is 4.79 Å². The maximum absolute atomic E-state index is 11.9. The van der Waals surface area contributed by atoms with Gasteiger partial charge in [0.1, 0.15) is 0 Å². The molecule has 0 fully saturated rings. The number of hydrogen-bond acceptors (Lipinski definition) is 1. The third-order valence-corrected chi connectivity index (χ3v) is 3.55. The molecule has 4 heteroatoms. The van der Waals surface area contributed by atoms with E-state index in [9.17, 15) is 4.79 Å². The van der Waals surface area contributed by atoms with Crippen LogP contribution in [0, 0.1) is 6.92 Å². The zero-order valence-electron chi connectivity index (χ0n) is 9.15. The second-order valence-corrected chi connectivity index (χ2v) is 4.97. The first-order valence-corrected chi connectivity index (χ1v) is 6.66. The van der Waals surface area contributed by atoms with E-state index in [1.165, 1.54) is 0 Å². The molecule has 0 atom stereocenters. The third kappa shape index (κ3) is 3.45. The van der Waals surface area contributed by atoms with Crippen molar-refractivity contribution in [2.45, 2.75) is 26.2 Å². The van der Waals surface area contributed by atoms with Crippen LogP contribution in [-0.4, -0.2) is 11.9 Å². The molecule has 0 radical (unpaired) electrons. The summed E-state index contributed by atoms with van der Waals surface area (Å²) < 4.78 is 0. The number of benzene rings is 1. The first-order chi connectivity index (χ1) is 7.57. The lowest BCUT2D eigenvalue weighted by atomic mass is 10.0. The molecule has 0 N–H and O–H groups in total. The van der Waals surface area contributed by atoms with E-state index < -0.39 is 0 Å². The van der Waals surface area contributed by atoms with Gasteiger partial charge >= 0.3 is 0 Å². The van der Waals surface area contributed by atoms with Crippen molar-refractivity contribution in [3.63, 3.8) is 0 Å². The quantitative estimate of drug-likeness (QED) is 0.429. The van der Waals surface area contributed by atoms with Crippen LogP contribution in [-0.2, 0) is 0 Å². The largest absolute Gasteiger partial charge is 0.558 e. The van der Waals surface area contributed by atoms with Gasteiger partial charge in [-0.2, -0.15) is 6.16 Å². The molecule has 0 amide bonds. The van der Waals surface area contributed by atoms with Crippen molar-refractivity contribution in [2.24, 2.45) is 0 Å². The summed E-state index contributed by atoms with van der Waals surface area (Å²) in [6.45, 7) is 1.87. The molecule has 0 bridgehead atoms. The van der Waals surface area contributed by atoms with E-state index in [0.717, 1.165) is 24.6 Å². The lowest BCUT2D eigenvalue weighted by Crippen LogP contribution is -2.02. The Morgan fingerprint density at radius 2 is 2.00 bits per heavy atom. The van der Waals surface area contributed by atoms with Gasteiger partial charge in [-0.1, -0.05) is 35.7 Å².